The van der Waals surface area contributed by atoms with E-state index in [1.165, 1.54) is 0 Å². The molecule has 0 bridgehead atoms. The van der Waals surface area contributed by atoms with E-state index in [1.807, 2.05) is 0 Å². The number of fused-ring (bicyclic) bond motifs is 5. The lowest BCUT2D eigenvalue weighted by atomic mass is 9.44. The SMILES string of the molecule is CC(=O)[C@H]1CC[C@H]2[C@@H]3CC(=O)C4CC(=O)CC[C@]4(C)[C@H]3CC[C@]12C. The van der Waals surface area contributed by atoms with Gasteiger partial charge in [-0.25, -0.2) is 0 Å². The standard InChI is InChI=1S/C21H30O3/c1-12(22)15-4-5-16-14-11-19(24)18-10-13(23)6-8-21(18,3)17(14)7-9-20(15,16)2/h14-18H,4-11H2,1-3H3/t14-,15+,16-,17-,18?,20+,21+/m0/s1. The van der Waals surface area contributed by atoms with E-state index in [0.717, 1.165) is 32.1 Å². The van der Waals surface area contributed by atoms with Gasteiger partial charge in [0.1, 0.15) is 17.3 Å². The lowest BCUT2D eigenvalue weighted by Gasteiger charge is -2.59. The fourth-order valence-corrected chi connectivity index (χ4v) is 7.50. The second-order valence-corrected chi connectivity index (χ2v) is 9.63. The summed E-state index contributed by atoms with van der Waals surface area (Å²) >= 11 is 0. The summed E-state index contributed by atoms with van der Waals surface area (Å²) in [6, 6.07) is 0. The van der Waals surface area contributed by atoms with Crippen molar-refractivity contribution in [3.8, 4) is 0 Å². The normalized spacial score (nSPS) is 50.9. The summed E-state index contributed by atoms with van der Waals surface area (Å²) in [6.45, 7) is 6.36. The van der Waals surface area contributed by atoms with Crippen LogP contribution in [0, 0.1) is 40.4 Å². The molecule has 3 heteroatoms. The molecule has 4 saturated carbocycles. The smallest absolute Gasteiger partial charge is 0.137 e. The molecule has 0 saturated heterocycles. The van der Waals surface area contributed by atoms with Crippen molar-refractivity contribution in [1.82, 2.24) is 0 Å². The van der Waals surface area contributed by atoms with E-state index < -0.39 is 0 Å². The maximum Gasteiger partial charge on any atom is 0.137 e. The maximum atomic E-state index is 12.9. The molecule has 0 heterocycles. The highest BCUT2D eigenvalue weighted by atomic mass is 16.1. The zero-order chi connectivity index (χ0) is 17.3. The van der Waals surface area contributed by atoms with Gasteiger partial charge in [-0.05, 0) is 67.6 Å². The van der Waals surface area contributed by atoms with Crippen molar-refractivity contribution in [3.05, 3.63) is 0 Å². The summed E-state index contributed by atoms with van der Waals surface area (Å²) in [7, 11) is 0. The van der Waals surface area contributed by atoms with Crippen molar-refractivity contribution in [3.63, 3.8) is 0 Å². The molecule has 0 aliphatic heterocycles. The summed E-state index contributed by atoms with van der Waals surface area (Å²) in [4.78, 5) is 37.0. The van der Waals surface area contributed by atoms with Crippen LogP contribution in [-0.4, -0.2) is 17.3 Å². The third-order valence-electron chi connectivity index (χ3n) is 8.77. The van der Waals surface area contributed by atoms with Crippen LogP contribution in [0.1, 0.15) is 72.1 Å². The van der Waals surface area contributed by atoms with Gasteiger partial charge in [-0.2, -0.15) is 0 Å². The summed E-state index contributed by atoms with van der Waals surface area (Å²) < 4.78 is 0. The van der Waals surface area contributed by atoms with E-state index in [0.29, 0.717) is 48.6 Å². The highest BCUT2D eigenvalue weighted by Crippen LogP contribution is 2.66. The van der Waals surface area contributed by atoms with Gasteiger partial charge in [-0.15, -0.1) is 0 Å². The van der Waals surface area contributed by atoms with Crippen LogP contribution in [0.25, 0.3) is 0 Å². The molecule has 4 fully saturated rings. The highest BCUT2D eigenvalue weighted by molar-refractivity contribution is 5.91. The summed E-state index contributed by atoms with van der Waals surface area (Å²) in [5, 5.41) is 0. The first-order valence-corrected chi connectivity index (χ1v) is 9.82. The molecule has 0 aromatic heterocycles. The van der Waals surface area contributed by atoms with Gasteiger partial charge < -0.3 is 0 Å². The zero-order valence-electron chi connectivity index (χ0n) is 15.3. The maximum absolute atomic E-state index is 12.9. The molecule has 1 unspecified atom stereocenters. The molecule has 0 spiro atoms. The summed E-state index contributed by atoms with van der Waals surface area (Å²) in [6.07, 6.45) is 7.05. The van der Waals surface area contributed by atoms with Crippen LogP contribution < -0.4 is 0 Å². The molecule has 0 aromatic rings. The molecule has 0 amide bonds. The zero-order valence-corrected chi connectivity index (χ0v) is 15.3. The molecule has 4 aliphatic rings. The number of ketones is 3. The molecular formula is C21H30O3. The Bertz CT molecular complexity index is 608. The lowest BCUT2D eigenvalue weighted by Crippen LogP contribution is -2.56. The second-order valence-electron chi connectivity index (χ2n) is 9.63. The predicted molar refractivity (Wildman–Crippen MR) is 91.3 cm³/mol. The Labute approximate surface area is 144 Å². The number of hydrogen-bond acceptors (Lipinski definition) is 3. The molecule has 0 radical (unpaired) electrons. The van der Waals surface area contributed by atoms with Gasteiger partial charge in [0.05, 0.1) is 0 Å². The van der Waals surface area contributed by atoms with Crippen LogP contribution in [0.2, 0.25) is 0 Å². The van der Waals surface area contributed by atoms with E-state index in [-0.39, 0.29) is 28.4 Å². The number of hydrogen-bond donors (Lipinski definition) is 0. The average molecular weight is 330 g/mol. The van der Waals surface area contributed by atoms with Gasteiger partial charge in [0.2, 0.25) is 0 Å². The van der Waals surface area contributed by atoms with Crippen LogP contribution in [0.3, 0.4) is 0 Å². The van der Waals surface area contributed by atoms with Gasteiger partial charge in [-0.1, -0.05) is 13.8 Å². The molecule has 4 rings (SSSR count). The van der Waals surface area contributed by atoms with Crippen molar-refractivity contribution in [2.75, 3.05) is 0 Å². The van der Waals surface area contributed by atoms with Gasteiger partial charge in [0, 0.05) is 31.1 Å². The van der Waals surface area contributed by atoms with E-state index in [4.69, 9.17) is 0 Å². The summed E-state index contributed by atoms with van der Waals surface area (Å²) in [5.74, 6) is 2.64. The van der Waals surface area contributed by atoms with Crippen molar-refractivity contribution < 1.29 is 14.4 Å². The topological polar surface area (TPSA) is 51.2 Å². The molecule has 3 nitrogen and oxygen atoms in total. The Hall–Kier alpha value is -0.990. The minimum atomic E-state index is -0.0330. The minimum absolute atomic E-state index is 0.0174. The minimum Gasteiger partial charge on any atom is -0.300 e. The molecule has 4 aliphatic carbocycles. The van der Waals surface area contributed by atoms with E-state index >= 15 is 0 Å². The van der Waals surface area contributed by atoms with E-state index in [1.54, 1.807) is 6.92 Å². The fourth-order valence-electron chi connectivity index (χ4n) is 7.50. The Morgan fingerprint density at radius 2 is 1.67 bits per heavy atom. The first-order chi connectivity index (χ1) is 11.3. The number of carbonyl (C=O) groups excluding carboxylic acids is 3. The molecule has 7 atom stereocenters. The highest BCUT2D eigenvalue weighted by Gasteiger charge is 2.62. The van der Waals surface area contributed by atoms with E-state index in [9.17, 15) is 14.4 Å². The quantitative estimate of drug-likeness (QED) is 0.730. The Morgan fingerprint density at radius 1 is 0.958 bits per heavy atom. The van der Waals surface area contributed by atoms with Crippen molar-refractivity contribution >= 4 is 17.3 Å². The van der Waals surface area contributed by atoms with Gasteiger partial charge in [0.25, 0.3) is 0 Å². The number of carbonyl (C=O) groups is 3. The lowest BCUT2D eigenvalue weighted by molar-refractivity contribution is -0.159. The Morgan fingerprint density at radius 3 is 2.38 bits per heavy atom. The Kier molecular flexibility index (Phi) is 3.61. The van der Waals surface area contributed by atoms with Crippen molar-refractivity contribution in [1.29, 1.82) is 0 Å². The average Bonchev–Trinajstić information content (AvgIpc) is 2.87. The van der Waals surface area contributed by atoms with Crippen LogP contribution in [0.4, 0.5) is 0 Å². The van der Waals surface area contributed by atoms with Gasteiger partial charge in [0.15, 0.2) is 0 Å². The van der Waals surface area contributed by atoms with Gasteiger partial charge in [-0.3, -0.25) is 14.4 Å². The first-order valence-electron chi connectivity index (χ1n) is 9.82. The van der Waals surface area contributed by atoms with Crippen LogP contribution in [0.5, 0.6) is 0 Å². The first kappa shape index (κ1) is 16.5. The van der Waals surface area contributed by atoms with E-state index in [2.05, 4.69) is 13.8 Å². The molecule has 24 heavy (non-hydrogen) atoms. The predicted octanol–water partition coefficient (Wildman–Crippen LogP) is 3.98. The Balaban J connectivity index is 1.68. The second kappa shape index (κ2) is 5.25. The molecular weight excluding hydrogens is 300 g/mol. The number of rotatable bonds is 1. The monoisotopic (exact) mass is 330 g/mol. The third kappa shape index (κ3) is 2.05. The van der Waals surface area contributed by atoms with Crippen LogP contribution in [0.15, 0.2) is 0 Å². The summed E-state index contributed by atoms with van der Waals surface area (Å²) in [5.41, 5.74) is 0.116. The van der Waals surface area contributed by atoms with Crippen LogP contribution >= 0.6 is 0 Å². The van der Waals surface area contributed by atoms with Crippen molar-refractivity contribution in [2.24, 2.45) is 40.4 Å². The molecule has 0 aromatic carbocycles. The molecule has 0 N–H and O–H groups in total. The van der Waals surface area contributed by atoms with Crippen LogP contribution in [-0.2, 0) is 14.4 Å². The van der Waals surface area contributed by atoms with Crippen molar-refractivity contribution in [2.45, 2.75) is 72.1 Å². The fraction of sp³-hybridized carbons (Fsp3) is 0.857. The molecule has 132 valence electrons. The van der Waals surface area contributed by atoms with Gasteiger partial charge >= 0.3 is 0 Å². The number of Topliss-reactive ketones (excluding diaryl/α,β-unsaturated/α-hetero) is 3. The third-order valence-corrected chi connectivity index (χ3v) is 8.77. The largest absolute Gasteiger partial charge is 0.300 e.